The van der Waals surface area contributed by atoms with E-state index in [1.165, 1.54) is 0 Å². The fraction of sp³-hybridized carbons (Fsp3) is 0.556. The Kier molecular flexibility index (Phi) is 7.37. The van der Waals surface area contributed by atoms with Gasteiger partial charge in [0.2, 0.25) is 5.91 Å². The molecule has 0 bridgehead atoms. The van der Waals surface area contributed by atoms with Gasteiger partial charge in [-0.05, 0) is 44.7 Å². The van der Waals surface area contributed by atoms with Gasteiger partial charge in [0, 0.05) is 30.6 Å². The van der Waals surface area contributed by atoms with Crippen molar-refractivity contribution in [1.29, 1.82) is 0 Å². The average Bonchev–Trinajstić information content (AvgIpc) is 3.36. The highest BCUT2D eigenvalue weighted by atomic mass is 35.5. The molecule has 1 unspecified atom stereocenters. The van der Waals surface area contributed by atoms with Gasteiger partial charge in [-0.25, -0.2) is 0 Å². The molecule has 1 aliphatic rings. The molecule has 132 valence electrons. The number of hydrogen-bond acceptors (Lipinski definition) is 2. The van der Waals surface area contributed by atoms with Gasteiger partial charge >= 0.3 is 0 Å². The Labute approximate surface area is 149 Å². The van der Waals surface area contributed by atoms with Gasteiger partial charge in [-0.2, -0.15) is 0 Å². The molecule has 1 fully saturated rings. The van der Waals surface area contributed by atoms with Gasteiger partial charge in [0.05, 0.1) is 6.04 Å². The number of rotatable bonds is 8. The summed E-state index contributed by atoms with van der Waals surface area (Å²) in [6, 6.07) is 8.27. The fourth-order valence-corrected chi connectivity index (χ4v) is 2.69. The van der Waals surface area contributed by atoms with Crippen LogP contribution < -0.4 is 16.0 Å². The van der Waals surface area contributed by atoms with Crippen LogP contribution in [0.4, 0.5) is 0 Å². The predicted octanol–water partition coefficient (Wildman–Crippen LogP) is 3.01. The quantitative estimate of drug-likeness (QED) is 0.383. The van der Waals surface area contributed by atoms with Crippen LogP contribution in [0.25, 0.3) is 0 Å². The van der Waals surface area contributed by atoms with E-state index in [1.54, 1.807) is 0 Å². The second-order valence-corrected chi connectivity index (χ2v) is 6.50. The van der Waals surface area contributed by atoms with Gasteiger partial charge in [-0.3, -0.25) is 9.79 Å². The summed E-state index contributed by atoms with van der Waals surface area (Å²) < 4.78 is 0. The number of nitrogens with zero attached hydrogens (tertiary/aromatic N) is 1. The van der Waals surface area contributed by atoms with Gasteiger partial charge in [0.1, 0.15) is 0 Å². The summed E-state index contributed by atoms with van der Waals surface area (Å²) in [6.07, 6.45) is 3.52. The van der Waals surface area contributed by atoms with Crippen molar-refractivity contribution in [1.82, 2.24) is 16.0 Å². The van der Waals surface area contributed by atoms with E-state index in [2.05, 4.69) is 27.9 Å². The van der Waals surface area contributed by atoms with Gasteiger partial charge in [-0.1, -0.05) is 29.8 Å². The molecule has 3 N–H and O–H groups in total. The third-order valence-electron chi connectivity index (χ3n) is 3.84. The molecule has 6 heteroatoms. The average molecular weight is 351 g/mol. The van der Waals surface area contributed by atoms with Crippen LogP contribution in [-0.4, -0.2) is 31.0 Å². The van der Waals surface area contributed by atoms with Crippen LogP contribution in [0.5, 0.6) is 0 Å². The maximum Gasteiger partial charge on any atom is 0.220 e. The van der Waals surface area contributed by atoms with Crippen molar-refractivity contribution >= 4 is 23.5 Å². The van der Waals surface area contributed by atoms with Gasteiger partial charge in [0.25, 0.3) is 0 Å². The van der Waals surface area contributed by atoms with Crippen molar-refractivity contribution in [2.24, 2.45) is 4.99 Å². The summed E-state index contributed by atoms with van der Waals surface area (Å²) in [5, 5.41) is 10.3. The lowest BCUT2D eigenvalue weighted by molar-refractivity contribution is -0.121. The first-order valence-electron chi connectivity index (χ1n) is 8.68. The zero-order chi connectivity index (χ0) is 17.4. The summed E-state index contributed by atoms with van der Waals surface area (Å²) in [4.78, 5) is 16.2. The third-order valence-corrected chi connectivity index (χ3v) is 4.19. The molecule has 0 aliphatic heterocycles. The SMILES string of the molecule is CCNC(=NCCCC(=O)NC1CC1)NC(C)c1ccccc1Cl. The molecule has 0 radical (unpaired) electrons. The normalized spacial score (nSPS) is 15.7. The molecule has 0 heterocycles. The molecule has 1 amide bonds. The summed E-state index contributed by atoms with van der Waals surface area (Å²) in [5.74, 6) is 0.877. The van der Waals surface area contributed by atoms with Gasteiger partial charge in [0.15, 0.2) is 5.96 Å². The maximum absolute atomic E-state index is 11.7. The minimum Gasteiger partial charge on any atom is -0.357 e. The number of carbonyl (C=O) groups excluding carboxylic acids is 1. The van der Waals surface area contributed by atoms with E-state index in [1.807, 2.05) is 31.2 Å². The van der Waals surface area contributed by atoms with Crippen molar-refractivity contribution in [2.45, 2.75) is 51.6 Å². The summed E-state index contributed by atoms with van der Waals surface area (Å²) in [7, 11) is 0. The Morgan fingerprint density at radius 3 is 2.79 bits per heavy atom. The molecule has 24 heavy (non-hydrogen) atoms. The van der Waals surface area contributed by atoms with E-state index in [9.17, 15) is 4.79 Å². The molecule has 0 saturated heterocycles. The lowest BCUT2D eigenvalue weighted by Gasteiger charge is -2.19. The van der Waals surface area contributed by atoms with Crippen LogP contribution in [0.2, 0.25) is 5.02 Å². The minimum absolute atomic E-state index is 0.0506. The van der Waals surface area contributed by atoms with Crippen LogP contribution in [0.15, 0.2) is 29.3 Å². The minimum atomic E-state index is 0.0506. The summed E-state index contributed by atoms with van der Waals surface area (Å²) in [6.45, 7) is 5.48. The predicted molar refractivity (Wildman–Crippen MR) is 99.4 cm³/mol. The highest BCUT2D eigenvalue weighted by molar-refractivity contribution is 6.31. The van der Waals surface area contributed by atoms with E-state index in [4.69, 9.17) is 11.6 Å². The number of hydrogen-bond donors (Lipinski definition) is 3. The Morgan fingerprint density at radius 2 is 2.12 bits per heavy atom. The zero-order valence-corrected chi connectivity index (χ0v) is 15.2. The van der Waals surface area contributed by atoms with Crippen molar-refractivity contribution in [3.05, 3.63) is 34.9 Å². The number of aliphatic imine (C=N–C) groups is 1. The molecule has 1 aromatic carbocycles. The Morgan fingerprint density at radius 1 is 1.38 bits per heavy atom. The number of benzene rings is 1. The van der Waals surface area contributed by atoms with Crippen molar-refractivity contribution < 1.29 is 4.79 Å². The number of nitrogens with one attached hydrogen (secondary N) is 3. The molecule has 0 spiro atoms. The second kappa shape index (κ2) is 9.52. The first-order valence-corrected chi connectivity index (χ1v) is 9.06. The fourth-order valence-electron chi connectivity index (χ4n) is 2.39. The van der Waals surface area contributed by atoms with Crippen LogP contribution in [-0.2, 0) is 4.79 Å². The molecule has 5 nitrogen and oxygen atoms in total. The van der Waals surface area contributed by atoms with Crippen molar-refractivity contribution in [3.8, 4) is 0 Å². The Hall–Kier alpha value is -1.75. The molecular formula is C18H27ClN4O. The maximum atomic E-state index is 11.7. The number of halogens is 1. The third kappa shape index (κ3) is 6.40. The highest BCUT2D eigenvalue weighted by Gasteiger charge is 2.22. The van der Waals surface area contributed by atoms with E-state index < -0.39 is 0 Å². The highest BCUT2D eigenvalue weighted by Crippen LogP contribution is 2.22. The van der Waals surface area contributed by atoms with Crippen molar-refractivity contribution in [2.75, 3.05) is 13.1 Å². The number of guanidine groups is 1. The van der Waals surface area contributed by atoms with Crippen molar-refractivity contribution in [3.63, 3.8) is 0 Å². The first-order chi connectivity index (χ1) is 11.6. The second-order valence-electron chi connectivity index (χ2n) is 6.09. The number of carbonyl (C=O) groups is 1. The molecular weight excluding hydrogens is 324 g/mol. The molecule has 1 aliphatic carbocycles. The molecule has 1 aromatic rings. The molecule has 0 aromatic heterocycles. The first kappa shape index (κ1) is 18.6. The van der Waals surface area contributed by atoms with E-state index in [0.29, 0.717) is 19.0 Å². The molecule has 1 saturated carbocycles. The lowest BCUT2D eigenvalue weighted by atomic mass is 10.1. The van der Waals surface area contributed by atoms with Gasteiger partial charge in [-0.15, -0.1) is 0 Å². The zero-order valence-electron chi connectivity index (χ0n) is 14.4. The van der Waals surface area contributed by atoms with E-state index in [0.717, 1.165) is 42.4 Å². The van der Waals surface area contributed by atoms with Crippen LogP contribution in [0.3, 0.4) is 0 Å². The van der Waals surface area contributed by atoms with Gasteiger partial charge < -0.3 is 16.0 Å². The number of amides is 1. The molecule has 1 atom stereocenters. The lowest BCUT2D eigenvalue weighted by Crippen LogP contribution is -2.39. The largest absolute Gasteiger partial charge is 0.357 e. The molecule has 2 rings (SSSR count). The van der Waals surface area contributed by atoms with Crippen LogP contribution in [0.1, 0.15) is 51.1 Å². The monoisotopic (exact) mass is 350 g/mol. The Bertz CT molecular complexity index is 572. The topological polar surface area (TPSA) is 65.5 Å². The van der Waals surface area contributed by atoms with E-state index in [-0.39, 0.29) is 11.9 Å². The van der Waals surface area contributed by atoms with E-state index >= 15 is 0 Å². The summed E-state index contributed by atoms with van der Waals surface area (Å²) >= 11 is 6.24. The van der Waals surface area contributed by atoms with Crippen LogP contribution in [0, 0.1) is 0 Å². The Balaban J connectivity index is 1.81. The smallest absolute Gasteiger partial charge is 0.220 e. The van der Waals surface area contributed by atoms with Crippen LogP contribution >= 0.6 is 11.6 Å². The summed E-state index contributed by atoms with van der Waals surface area (Å²) in [5.41, 5.74) is 1.04. The standard InChI is InChI=1S/C18H27ClN4O/c1-3-20-18(21-12-6-9-17(24)23-14-10-11-14)22-13(2)15-7-4-5-8-16(15)19/h4-5,7-8,13-14H,3,6,9-12H2,1-2H3,(H,23,24)(H2,20,21,22).